The molecule has 2 atom stereocenters. The van der Waals surface area contributed by atoms with Crippen LogP contribution in [0.2, 0.25) is 0 Å². The Labute approximate surface area is 116 Å². The fraction of sp³-hybridized carbons (Fsp3) is 0.400. The summed E-state index contributed by atoms with van der Waals surface area (Å²) >= 11 is 0. The summed E-state index contributed by atoms with van der Waals surface area (Å²) in [7, 11) is 1.19. The van der Waals surface area contributed by atoms with Crippen LogP contribution in [-0.2, 0) is 19.1 Å². The van der Waals surface area contributed by atoms with Crippen molar-refractivity contribution in [2.75, 3.05) is 7.11 Å². The van der Waals surface area contributed by atoms with Gasteiger partial charge in [-0.25, -0.2) is 4.39 Å². The number of Topliss-reactive ketones (excluding diaryl/α,β-unsaturated/α-hetero) is 2. The lowest BCUT2D eigenvalue weighted by Crippen LogP contribution is -2.31. The molecule has 0 heterocycles. The van der Waals surface area contributed by atoms with Crippen molar-refractivity contribution < 1.29 is 23.5 Å². The number of hydrogen-bond donors (Lipinski definition) is 0. The van der Waals surface area contributed by atoms with Crippen LogP contribution in [0.3, 0.4) is 0 Å². The zero-order valence-electron chi connectivity index (χ0n) is 11.7. The average Bonchev–Trinajstić information content (AvgIpc) is 2.37. The van der Waals surface area contributed by atoms with E-state index in [1.54, 1.807) is 0 Å². The van der Waals surface area contributed by atoms with E-state index in [9.17, 15) is 18.8 Å². The summed E-state index contributed by atoms with van der Waals surface area (Å²) in [5.74, 6) is -3.35. The van der Waals surface area contributed by atoms with E-state index in [0.717, 1.165) is 0 Å². The van der Waals surface area contributed by atoms with Crippen LogP contribution >= 0.6 is 0 Å². The van der Waals surface area contributed by atoms with Crippen molar-refractivity contribution >= 4 is 17.5 Å². The Morgan fingerprint density at radius 3 is 2.10 bits per heavy atom. The van der Waals surface area contributed by atoms with Crippen molar-refractivity contribution in [2.45, 2.75) is 26.2 Å². The lowest BCUT2D eigenvalue weighted by molar-refractivity contribution is -0.150. The number of carbonyl (C=O) groups is 3. The molecule has 0 saturated heterocycles. The maximum atomic E-state index is 13.0. The minimum absolute atomic E-state index is 0.0188. The second-order valence-electron chi connectivity index (χ2n) is 4.68. The minimum atomic E-state index is -1.06. The third kappa shape index (κ3) is 3.98. The topological polar surface area (TPSA) is 60.4 Å². The summed E-state index contributed by atoms with van der Waals surface area (Å²) in [6.07, 6.45) is 0.0188. The lowest BCUT2D eigenvalue weighted by atomic mass is 9.80. The highest BCUT2D eigenvalue weighted by Gasteiger charge is 2.35. The first-order valence-corrected chi connectivity index (χ1v) is 6.20. The third-order valence-corrected chi connectivity index (χ3v) is 3.10. The number of carbonyl (C=O) groups excluding carboxylic acids is 3. The highest BCUT2D eigenvalue weighted by Crippen LogP contribution is 2.30. The predicted octanol–water partition coefficient (Wildman–Crippen LogP) is 2.27. The van der Waals surface area contributed by atoms with E-state index in [1.807, 2.05) is 0 Å². The Morgan fingerprint density at radius 2 is 1.70 bits per heavy atom. The highest BCUT2D eigenvalue weighted by atomic mass is 19.1. The van der Waals surface area contributed by atoms with Gasteiger partial charge in [0.25, 0.3) is 0 Å². The third-order valence-electron chi connectivity index (χ3n) is 3.10. The molecule has 4 nitrogen and oxygen atoms in total. The van der Waals surface area contributed by atoms with E-state index in [4.69, 9.17) is 0 Å². The van der Waals surface area contributed by atoms with Gasteiger partial charge in [0.05, 0.1) is 7.11 Å². The number of esters is 1. The first-order valence-electron chi connectivity index (χ1n) is 6.20. The summed E-state index contributed by atoms with van der Waals surface area (Å²) in [4.78, 5) is 34.9. The molecule has 1 aromatic rings. The molecular weight excluding hydrogens is 263 g/mol. The van der Waals surface area contributed by atoms with E-state index < -0.39 is 23.6 Å². The normalized spacial score (nSPS) is 13.4. The monoisotopic (exact) mass is 280 g/mol. The predicted molar refractivity (Wildman–Crippen MR) is 70.6 cm³/mol. The quantitative estimate of drug-likeness (QED) is 0.592. The average molecular weight is 280 g/mol. The molecule has 20 heavy (non-hydrogen) atoms. The van der Waals surface area contributed by atoms with Gasteiger partial charge in [0.1, 0.15) is 23.3 Å². The van der Waals surface area contributed by atoms with Gasteiger partial charge in [-0.05, 0) is 31.5 Å². The van der Waals surface area contributed by atoms with Crippen molar-refractivity contribution in [1.82, 2.24) is 0 Å². The second-order valence-corrected chi connectivity index (χ2v) is 4.68. The molecule has 0 N–H and O–H groups in total. The summed E-state index contributed by atoms with van der Waals surface area (Å²) in [6.45, 7) is 2.66. The molecule has 0 aliphatic heterocycles. The van der Waals surface area contributed by atoms with Crippen molar-refractivity contribution in [3.8, 4) is 0 Å². The van der Waals surface area contributed by atoms with Crippen LogP contribution < -0.4 is 0 Å². The van der Waals surface area contributed by atoms with Gasteiger partial charge in [-0.3, -0.25) is 9.59 Å². The molecule has 108 valence electrons. The molecule has 0 aromatic heterocycles. The molecule has 0 aliphatic rings. The number of halogens is 1. The van der Waals surface area contributed by atoms with Gasteiger partial charge in [0.2, 0.25) is 0 Å². The molecule has 5 heteroatoms. The molecule has 0 saturated carbocycles. The SMILES string of the molecule is COC(=O)[C@H](C(C)=O)[C@@H](CC(C)=O)c1ccc(F)cc1. The van der Waals surface area contributed by atoms with E-state index in [1.165, 1.54) is 45.2 Å². The lowest BCUT2D eigenvalue weighted by Gasteiger charge is -2.22. The van der Waals surface area contributed by atoms with E-state index in [-0.39, 0.29) is 18.0 Å². The largest absolute Gasteiger partial charge is 0.468 e. The maximum absolute atomic E-state index is 13.0. The van der Waals surface area contributed by atoms with Crippen LogP contribution in [0.1, 0.15) is 31.7 Å². The van der Waals surface area contributed by atoms with Gasteiger partial charge >= 0.3 is 5.97 Å². The standard InChI is InChI=1S/C15H17FO4/c1-9(17)8-13(11-4-6-12(16)7-5-11)14(10(2)18)15(19)20-3/h4-7,13-14H,8H2,1-3H3/t13-,14+/m0/s1. The number of benzene rings is 1. The molecule has 0 unspecified atom stereocenters. The Morgan fingerprint density at radius 1 is 1.15 bits per heavy atom. The van der Waals surface area contributed by atoms with E-state index >= 15 is 0 Å². The second kappa shape index (κ2) is 6.93. The van der Waals surface area contributed by atoms with Crippen LogP contribution in [0.15, 0.2) is 24.3 Å². The molecule has 0 spiro atoms. The summed E-state index contributed by atoms with van der Waals surface area (Å²) in [5.41, 5.74) is 0.562. The molecule has 0 fully saturated rings. The Bertz CT molecular complexity index is 507. The van der Waals surface area contributed by atoms with Gasteiger partial charge in [0, 0.05) is 12.3 Å². The van der Waals surface area contributed by atoms with Crippen LogP contribution in [-0.4, -0.2) is 24.6 Å². The Hall–Kier alpha value is -2.04. The van der Waals surface area contributed by atoms with Gasteiger partial charge in [-0.2, -0.15) is 0 Å². The molecule has 0 bridgehead atoms. The Balaban J connectivity index is 3.21. The van der Waals surface area contributed by atoms with Crippen LogP contribution in [0, 0.1) is 11.7 Å². The fourth-order valence-electron chi connectivity index (χ4n) is 2.19. The first-order chi connectivity index (χ1) is 9.36. The first kappa shape index (κ1) is 16.0. The Kier molecular flexibility index (Phi) is 5.55. The van der Waals surface area contributed by atoms with Crippen molar-refractivity contribution in [2.24, 2.45) is 5.92 Å². The van der Waals surface area contributed by atoms with Crippen molar-refractivity contribution in [3.05, 3.63) is 35.6 Å². The maximum Gasteiger partial charge on any atom is 0.316 e. The summed E-state index contributed by atoms with van der Waals surface area (Å²) in [5, 5.41) is 0. The van der Waals surface area contributed by atoms with Crippen molar-refractivity contribution in [1.29, 1.82) is 0 Å². The van der Waals surface area contributed by atoms with Crippen LogP contribution in [0.25, 0.3) is 0 Å². The zero-order chi connectivity index (χ0) is 15.3. The number of ketones is 2. The molecule has 1 rings (SSSR count). The minimum Gasteiger partial charge on any atom is -0.468 e. The molecule has 1 aromatic carbocycles. The fourth-order valence-corrected chi connectivity index (χ4v) is 2.19. The zero-order valence-corrected chi connectivity index (χ0v) is 11.7. The van der Waals surface area contributed by atoms with Crippen LogP contribution in [0.4, 0.5) is 4.39 Å². The number of methoxy groups -OCH3 is 1. The summed E-state index contributed by atoms with van der Waals surface area (Å²) < 4.78 is 17.6. The van der Waals surface area contributed by atoms with E-state index in [0.29, 0.717) is 5.56 Å². The smallest absolute Gasteiger partial charge is 0.316 e. The number of rotatable bonds is 6. The highest BCUT2D eigenvalue weighted by molar-refractivity contribution is 5.99. The van der Waals surface area contributed by atoms with Crippen molar-refractivity contribution in [3.63, 3.8) is 0 Å². The van der Waals surface area contributed by atoms with Gasteiger partial charge < -0.3 is 9.53 Å². The molecule has 0 aliphatic carbocycles. The van der Waals surface area contributed by atoms with E-state index in [2.05, 4.69) is 4.74 Å². The molecule has 0 radical (unpaired) electrons. The molecular formula is C15H17FO4. The summed E-state index contributed by atoms with van der Waals surface area (Å²) in [6, 6.07) is 5.41. The number of ether oxygens (including phenoxy) is 1. The molecule has 0 amide bonds. The van der Waals surface area contributed by atoms with Gasteiger partial charge in [-0.15, -0.1) is 0 Å². The van der Waals surface area contributed by atoms with Crippen LogP contribution in [0.5, 0.6) is 0 Å². The number of hydrogen-bond acceptors (Lipinski definition) is 4. The van der Waals surface area contributed by atoms with Gasteiger partial charge in [-0.1, -0.05) is 12.1 Å². The van der Waals surface area contributed by atoms with Gasteiger partial charge in [0.15, 0.2) is 0 Å².